The Morgan fingerprint density at radius 3 is 2.54 bits per heavy atom. The van der Waals surface area contributed by atoms with E-state index in [1.54, 1.807) is 6.33 Å². The monoisotopic (exact) mass is 356 g/mol. The number of rotatable bonds is 11. The van der Waals surface area contributed by atoms with Crippen LogP contribution in [0.4, 0.5) is 4.39 Å². The summed E-state index contributed by atoms with van der Waals surface area (Å²) in [7, 11) is 0. The molecule has 1 N–H and O–H groups in total. The van der Waals surface area contributed by atoms with Gasteiger partial charge in [-0.15, -0.1) is 0 Å². The quantitative estimate of drug-likeness (QED) is 0.360. The molecule has 7 heteroatoms. The lowest BCUT2D eigenvalue weighted by atomic mass is 10.0. The predicted octanol–water partition coefficient (Wildman–Crippen LogP) is 4.68. The Kier molecular flexibility index (Phi) is 7.85. The van der Waals surface area contributed by atoms with Crippen LogP contribution in [0.2, 0.25) is 5.15 Å². The summed E-state index contributed by atoms with van der Waals surface area (Å²) >= 11 is 5.93. The highest BCUT2D eigenvalue weighted by molar-refractivity contribution is 6.33. The van der Waals surface area contributed by atoms with Crippen LogP contribution in [0.5, 0.6) is 0 Å². The molecule has 1 atom stereocenters. The molecule has 2 aromatic rings. The molecular formula is C17H26ClFN4O. The van der Waals surface area contributed by atoms with Gasteiger partial charge in [0.1, 0.15) is 5.52 Å². The second-order valence-corrected chi connectivity index (χ2v) is 6.54. The maximum Gasteiger partial charge on any atom is 0.312 e. The minimum absolute atomic E-state index is 0.0231. The predicted molar refractivity (Wildman–Crippen MR) is 93.6 cm³/mol. The average Bonchev–Trinajstić information content (AvgIpc) is 2.97. The standard InChI is InChI=1S/C17H26ClFN4O/c1-2-3-4-5-6-7-8-9-13(10-11-24)23-12-20-14-15(18)21-17(19)22-16(14)23/h12-13,24H,2-11H2,1H3. The van der Waals surface area contributed by atoms with Crippen molar-refractivity contribution in [1.29, 1.82) is 0 Å². The van der Waals surface area contributed by atoms with Gasteiger partial charge in [0.05, 0.1) is 6.33 Å². The van der Waals surface area contributed by atoms with Crippen molar-refractivity contribution in [1.82, 2.24) is 19.5 Å². The number of aliphatic hydroxyl groups excluding tert-OH is 1. The smallest absolute Gasteiger partial charge is 0.312 e. The molecule has 2 heterocycles. The summed E-state index contributed by atoms with van der Waals surface area (Å²) in [5.41, 5.74) is 0.800. The summed E-state index contributed by atoms with van der Waals surface area (Å²) in [6.07, 6.45) is 10.9. The molecule has 5 nitrogen and oxygen atoms in total. The topological polar surface area (TPSA) is 63.8 Å². The molecule has 0 aromatic carbocycles. The van der Waals surface area contributed by atoms with Crippen LogP contribution in [-0.2, 0) is 0 Å². The van der Waals surface area contributed by atoms with Crippen LogP contribution in [0.25, 0.3) is 11.2 Å². The number of hydrogen-bond donors (Lipinski definition) is 1. The van der Waals surface area contributed by atoms with E-state index < -0.39 is 6.08 Å². The Hall–Kier alpha value is -1.27. The fraction of sp³-hybridized carbons (Fsp3) is 0.706. The maximum absolute atomic E-state index is 13.5. The van der Waals surface area contributed by atoms with Crippen molar-refractivity contribution in [3.63, 3.8) is 0 Å². The average molecular weight is 357 g/mol. The van der Waals surface area contributed by atoms with E-state index in [1.807, 2.05) is 4.57 Å². The van der Waals surface area contributed by atoms with Gasteiger partial charge in [-0.2, -0.15) is 14.4 Å². The highest BCUT2D eigenvalue weighted by Crippen LogP contribution is 2.26. The van der Waals surface area contributed by atoms with Crippen LogP contribution in [0.15, 0.2) is 6.33 Å². The highest BCUT2D eigenvalue weighted by atomic mass is 35.5. The molecule has 0 saturated carbocycles. The molecule has 0 saturated heterocycles. The zero-order valence-electron chi connectivity index (χ0n) is 14.2. The first-order chi connectivity index (χ1) is 11.7. The molecule has 0 radical (unpaired) electrons. The first-order valence-corrected chi connectivity index (χ1v) is 9.21. The molecule has 0 bridgehead atoms. The van der Waals surface area contributed by atoms with E-state index in [0.717, 1.165) is 12.8 Å². The van der Waals surface area contributed by atoms with E-state index in [4.69, 9.17) is 11.6 Å². The van der Waals surface area contributed by atoms with Crippen molar-refractivity contribution < 1.29 is 9.50 Å². The van der Waals surface area contributed by atoms with Gasteiger partial charge in [-0.05, 0) is 12.8 Å². The summed E-state index contributed by atoms with van der Waals surface area (Å²) in [6, 6.07) is 0.0426. The molecule has 0 aliphatic carbocycles. The largest absolute Gasteiger partial charge is 0.396 e. The number of aliphatic hydroxyl groups is 1. The summed E-state index contributed by atoms with van der Waals surface area (Å²) in [4.78, 5) is 11.5. The Morgan fingerprint density at radius 2 is 1.83 bits per heavy atom. The van der Waals surface area contributed by atoms with Gasteiger partial charge >= 0.3 is 6.08 Å². The first kappa shape index (κ1) is 19.1. The van der Waals surface area contributed by atoms with Crippen molar-refractivity contribution in [2.75, 3.05) is 6.61 Å². The van der Waals surface area contributed by atoms with Gasteiger partial charge < -0.3 is 9.67 Å². The molecule has 2 aromatic heterocycles. The van der Waals surface area contributed by atoms with Gasteiger partial charge in [-0.3, -0.25) is 0 Å². The van der Waals surface area contributed by atoms with Crippen LogP contribution >= 0.6 is 11.6 Å². The zero-order chi connectivity index (χ0) is 17.4. The Labute approximate surface area is 147 Å². The lowest BCUT2D eigenvalue weighted by Crippen LogP contribution is -2.11. The van der Waals surface area contributed by atoms with Gasteiger partial charge in [-0.1, -0.05) is 63.5 Å². The molecule has 0 aliphatic rings. The lowest BCUT2D eigenvalue weighted by molar-refractivity contribution is 0.251. The Bertz CT molecular complexity index is 634. The number of aromatic nitrogens is 4. The number of hydrogen-bond acceptors (Lipinski definition) is 4. The van der Waals surface area contributed by atoms with Gasteiger partial charge in [0.15, 0.2) is 10.8 Å². The summed E-state index contributed by atoms with van der Waals surface area (Å²) in [5.74, 6) is 0. The Balaban J connectivity index is 1.97. The van der Waals surface area contributed by atoms with Crippen LogP contribution < -0.4 is 0 Å². The summed E-state index contributed by atoms with van der Waals surface area (Å²) in [5, 5.41) is 9.37. The molecule has 24 heavy (non-hydrogen) atoms. The second kappa shape index (κ2) is 9.89. The van der Waals surface area contributed by atoms with Gasteiger partial charge in [-0.25, -0.2) is 4.98 Å². The normalized spacial score (nSPS) is 12.8. The van der Waals surface area contributed by atoms with Crippen molar-refractivity contribution in [2.45, 2.75) is 70.8 Å². The number of halogens is 2. The van der Waals surface area contributed by atoms with Crippen molar-refractivity contribution in [2.24, 2.45) is 0 Å². The van der Waals surface area contributed by atoms with E-state index in [2.05, 4.69) is 21.9 Å². The van der Waals surface area contributed by atoms with E-state index in [1.165, 1.54) is 38.5 Å². The SMILES string of the molecule is CCCCCCCCCC(CCO)n1cnc2c(Cl)nc(F)nc21. The summed E-state index contributed by atoms with van der Waals surface area (Å²) < 4.78 is 15.3. The lowest BCUT2D eigenvalue weighted by Gasteiger charge is -2.18. The number of fused-ring (bicyclic) bond motifs is 1. The van der Waals surface area contributed by atoms with E-state index in [0.29, 0.717) is 17.6 Å². The van der Waals surface area contributed by atoms with Crippen molar-refractivity contribution in [3.8, 4) is 0 Å². The summed E-state index contributed by atoms with van der Waals surface area (Å²) in [6.45, 7) is 2.29. The minimum Gasteiger partial charge on any atom is -0.396 e. The zero-order valence-corrected chi connectivity index (χ0v) is 15.0. The number of unbranched alkanes of at least 4 members (excludes halogenated alkanes) is 6. The number of nitrogens with zero attached hydrogens (tertiary/aromatic N) is 4. The van der Waals surface area contributed by atoms with Gasteiger partial charge in [0.25, 0.3) is 0 Å². The minimum atomic E-state index is -0.854. The molecule has 0 spiro atoms. The van der Waals surface area contributed by atoms with E-state index in [9.17, 15) is 9.50 Å². The number of imidazole rings is 1. The Morgan fingerprint density at radius 1 is 1.12 bits per heavy atom. The maximum atomic E-state index is 13.5. The molecule has 0 aliphatic heterocycles. The van der Waals surface area contributed by atoms with Gasteiger partial charge in [0, 0.05) is 12.6 Å². The van der Waals surface area contributed by atoms with E-state index >= 15 is 0 Å². The van der Waals surface area contributed by atoms with Crippen LogP contribution in [-0.4, -0.2) is 31.2 Å². The van der Waals surface area contributed by atoms with Crippen LogP contribution in [0.1, 0.15) is 70.8 Å². The molecular weight excluding hydrogens is 331 g/mol. The van der Waals surface area contributed by atoms with Crippen molar-refractivity contribution >= 4 is 22.8 Å². The van der Waals surface area contributed by atoms with E-state index in [-0.39, 0.29) is 17.8 Å². The fourth-order valence-corrected chi connectivity index (χ4v) is 3.24. The fourth-order valence-electron chi connectivity index (χ4n) is 3.03. The molecule has 134 valence electrons. The second-order valence-electron chi connectivity index (χ2n) is 6.18. The van der Waals surface area contributed by atoms with Crippen LogP contribution in [0.3, 0.4) is 0 Å². The third-order valence-corrected chi connectivity index (χ3v) is 4.61. The molecule has 0 fully saturated rings. The third kappa shape index (κ3) is 5.11. The molecule has 0 amide bonds. The van der Waals surface area contributed by atoms with Gasteiger partial charge in [0.2, 0.25) is 0 Å². The molecule has 2 rings (SSSR count). The first-order valence-electron chi connectivity index (χ1n) is 8.83. The third-order valence-electron chi connectivity index (χ3n) is 4.35. The van der Waals surface area contributed by atoms with Crippen LogP contribution in [0, 0.1) is 6.08 Å². The van der Waals surface area contributed by atoms with Crippen molar-refractivity contribution in [3.05, 3.63) is 17.6 Å². The highest BCUT2D eigenvalue weighted by Gasteiger charge is 2.18. The molecule has 1 unspecified atom stereocenters.